The molecule has 3 aliphatic heterocycles. The summed E-state index contributed by atoms with van der Waals surface area (Å²) in [7, 11) is 0. The summed E-state index contributed by atoms with van der Waals surface area (Å²) in [5, 5.41) is 3.39. The molecule has 0 aliphatic carbocycles. The topological polar surface area (TPSA) is 33.7 Å². The second-order valence-corrected chi connectivity index (χ2v) is 5.60. The SMILES string of the molecule is c1cc2c(cc1N1CCC3(CNC3)C1)OCCO2. The zero-order valence-corrected chi connectivity index (χ0v) is 10.4. The van der Waals surface area contributed by atoms with Crippen molar-refractivity contribution in [2.75, 3.05) is 44.3 Å². The molecular weight excluding hydrogens is 228 g/mol. The molecule has 3 heterocycles. The van der Waals surface area contributed by atoms with E-state index in [-0.39, 0.29) is 0 Å². The predicted octanol–water partition coefficient (Wildman–Crippen LogP) is 1.26. The van der Waals surface area contributed by atoms with Gasteiger partial charge in [0.05, 0.1) is 0 Å². The van der Waals surface area contributed by atoms with Crippen LogP contribution in [-0.2, 0) is 0 Å². The normalized spacial score (nSPS) is 24.1. The molecule has 0 bridgehead atoms. The van der Waals surface area contributed by atoms with Gasteiger partial charge in [-0.1, -0.05) is 0 Å². The van der Waals surface area contributed by atoms with Crippen molar-refractivity contribution in [1.29, 1.82) is 0 Å². The van der Waals surface area contributed by atoms with Crippen molar-refractivity contribution in [3.05, 3.63) is 18.2 Å². The Morgan fingerprint density at radius 3 is 2.67 bits per heavy atom. The summed E-state index contributed by atoms with van der Waals surface area (Å²) in [6.07, 6.45) is 1.30. The van der Waals surface area contributed by atoms with Crippen LogP contribution in [0, 0.1) is 5.41 Å². The first kappa shape index (κ1) is 10.5. The fourth-order valence-electron chi connectivity index (χ4n) is 3.15. The number of nitrogens with one attached hydrogen (secondary N) is 1. The van der Waals surface area contributed by atoms with Crippen molar-refractivity contribution in [1.82, 2.24) is 5.32 Å². The Hall–Kier alpha value is -1.42. The number of anilines is 1. The van der Waals surface area contributed by atoms with Gasteiger partial charge in [-0.25, -0.2) is 0 Å². The molecule has 3 aliphatic rings. The van der Waals surface area contributed by atoms with E-state index in [2.05, 4.69) is 22.3 Å². The van der Waals surface area contributed by atoms with Crippen LogP contribution >= 0.6 is 0 Å². The Kier molecular flexibility index (Phi) is 2.21. The Morgan fingerprint density at radius 2 is 1.94 bits per heavy atom. The van der Waals surface area contributed by atoms with Crippen molar-refractivity contribution >= 4 is 5.69 Å². The van der Waals surface area contributed by atoms with Crippen LogP contribution < -0.4 is 19.7 Å². The molecule has 4 nitrogen and oxygen atoms in total. The summed E-state index contributed by atoms with van der Waals surface area (Å²) in [5.74, 6) is 1.77. The minimum absolute atomic E-state index is 0.535. The summed E-state index contributed by atoms with van der Waals surface area (Å²) < 4.78 is 11.2. The highest BCUT2D eigenvalue weighted by molar-refractivity contribution is 5.57. The first-order valence-corrected chi connectivity index (χ1v) is 6.70. The molecule has 1 spiro atoms. The van der Waals surface area contributed by atoms with Crippen LogP contribution in [0.4, 0.5) is 5.69 Å². The van der Waals surface area contributed by atoms with E-state index in [1.807, 2.05) is 6.07 Å². The molecule has 96 valence electrons. The third-order valence-electron chi connectivity index (χ3n) is 4.33. The average Bonchev–Trinajstić information content (AvgIpc) is 2.83. The Labute approximate surface area is 107 Å². The first-order chi connectivity index (χ1) is 8.85. The van der Waals surface area contributed by atoms with Crippen molar-refractivity contribution in [2.24, 2.45) is 5.41 Å². The maximum atomic E-state index is 5.65. The summed E-state index contributed by atoms with van der Waals surface area (Å²) in [5.41, 5.74) is 1.80. The lowest BCUT2D eigenvalue weighted by molar-refractivity contribution is 0.171. The van der Waals surface area contributed by atoms with Gasteiger partial charge in [0.15, 0.2) is 11.5 Å². The minimum atomic E-state index is 0.535. The highest BCUT2D eigenvalue weighted by Gasteiger charge is 2.43. The van der Waals surface area contributed by atoms with Crippen LogP contribution in [-0.4, -0.2) is 39.4 Å². The quantitative estimate of drug-likeness (QED) is 0.809. The van der Waals surface area contributed by atoms with E-state index >= 15 is 0 Å². The summed E-state index contributed by atoms with van der Waals surface area (Å²) >= 11 is 0. The van der Waals surface area contributed by atoms with Gasteiger partial charge in [-0.15, -0.1) is 0 Å². The van der Waals surface area contributed by atoms with E-state index in [0.717, 1.165) is 18.0 Å². The van der Waals surface area contributed by atoms with E-state index < -0.39 is 0 Å². The van der Waals surface area contributed by atoms with E-state index in [9.17, 15) is 0 Å². The fourth-order valence-corrected chi connectivity index (χ4v) is 3.15. The zero-order chi connectivity index (χ0) is 12.0. The van der Waals surface area contributed by atoms with Crippen LogP contribution in [0.1, 0.15) is 6.42 Å². The Balaban J connectivity index is 1.58. The maximum absolute atomic E-state index is 5.65. The molecule has 1 aromatic carbocycles. The molecule has 0 atom stereocenters. The second-order valence-electron chi connectivity index (χ2n) is 5.60. The number of nitrogens with zero attached hydrogens (tertiary/aromatic N) is 1. The van der Waals surface area contributed by atoms with Crippen molar-refractivity contribution in [3.63, 3.8) is 0 Å². The third-order valence-corrected chi connectivity index (χ3v) is 4.33. The molecule has 0 amide bonds. The van der Waals surface area contributed by atoms with Gasteiger partial charge in [-0.3, -0.25) is 0 Å². The number of benzene rings is 1. The van der Waals surface area contributed by atoms with Gasteiger partial charge in [-0.2, -0.15) is 0 Å². The maximum Gasteiger partial charge on any atom is 0.163 e. The summed E-state index contributed by atoms with van der Waals surface area (Å²) in [4.78, 5) is 2.47. The standard InChI is InChI=1S/C14H18N2O2/c1-2-12-13(18-6-5-17-12)7-11(1)16-4-3-14(10-16)8-15-9-14/h1-2,7,15H,3-6,8-10H2. The largest absolute Gasteiger partial charge is 0.486 e. The van der Waals surface area contributed by atoms with Crippen LogP contribution in [0.15, 0.2) is 18.2 Å². The van der Waals surface area contributed by atoms with Gasteiger partial charge >= 0.3 is 0 Å². The van der Waals surface area contributed by atoms with Crippen molar-refractivity contribution in [2.45, 2.75) is 6.42 Å². The molecule has 4 rings (SSSR count). The van der Waals surface area contributed by atoms with Crippen LogP contribution in [0.25, 0.3) is 0 Å². The lowest BCUT2D eigenvalue weighted by Crippen LogP contribution is -2.54. The predicted molar refractivity (Wildman–Crippen MR) is 69.6 cm³/mol. The van der Waals surface area contributed by atoms with E-state index in [0.29, 0.717) is 18.6 Å². The third kappa shape index (κ3) is 1.56. The molecule has 2 saturated heterocycles. The number of hydrogen-bond acceptors (Lipinski definition) is 4. The molecule has 0 saturated carbocycles. The van der Waals surface area contributed by atoms with E-state index in [1.54, 1.807) is 0 Å². The molecule has 2 fully saturated rings. The van der Waals surface area contributed by atoms with Crippen LogP contribution in [0.5, 0.6) is 11.5 Å². The summed E-state index contributed by atoms with van der Waals surface area (Å²) in [6, 6.07) is 6.31. The molecule has 0 unspecified atom stereocenters. The van der Waals surface area contributed by atoms with Gasteiger partial charge < -0.3 is 19.7 Å². The van der Waals surface area contributed by atoms with Crippen molar-refractivity contribution < 1.29 is 9.47 Å². The van der Waals surface area contributed by atoms with Gasteiger partial charge in [0.25, 0.3) is 0 Å². The lowest BCUT2D eigenvalue weighted by Gasteiger charge is -2.39. The molecule has 4 heteroatoms. The van der Waals surface area contributed by atoms with E-state index in [4.69, 9.17) is 9.47 Å². The number of ether oxygens (including phenoxy) is 2. The van der Waals surface area contributed by atoms with Crippen molar-refractivity contribution in [3.8, 4) is 11.5 Å². The average molecular weight is 246 g/mol. The van der Waals surface area contributed by atoms with E-state index in [1.165, 1.54) is 31.7 Å². The van der Waals surface area contributed by atoms with Gasteiger partial charge in [-0.05, 0) is 18.6 Å². The van der Waals surface area contributed by atoms with Gasteiger partial charge in [0.2, 0.25) is 0 Å². The van der Waals surface area contributed by atoms with Crippen LogP contribution in [0.3, 0.4) is 0 Å². The molecule has 18 heavy (non-hydrogen) atoms. The molecule has 0 aromatic heterocycles. The lowest BCUT2D eigenvalue weighted by atomic mass is 9.81. The Morgan fingerprint density at radius 1 is 1.11 bits per heavy atom. The smallest absolute Gasteiger partial charge is 0.163 e. The second kappa shape index (κ2) is 3.79. The highest BCUT2D eigenvalue weighted by Crippen LogP contribution is 2.39. The van der Waals surface area contributed by atoms with Crippen LogP contribution in [0.2, 0.25) is 0 Å². The molecule has 0 radical (unpaired) electrons. The molecule has 1 N–H and O–H groups in total. The monoisotopic (exact) mass is 246 g/mol. The fraction of sp³-hybridized carbons (Fsp3) is 0.571. The highest BCUT2D eigenvalue weighted by atomic mass is 16.6. The zero-order valence-electron chi connectivity index (χ0n) is 10.4. The number of hydrogen-bond donors (Lipinski definition) is 1. The van der Waals surface area contributed by atoms with Gasteiger partial charge in [0, 0.05) is 43.3 Å². The summed E-state index contributed by atoms with van der Waals surface area (Å²) in [6.45, 7) is 5.98. The minimum Gasteiger partial charge on any atom is -0.486 e. The number of fused-ring (bicyclic) bond motifs is 1. The van der Waals surface area contributed by atoms with Gasteiger partial charge in [0.1, 0.15) is 13.2 Å². The molecule has 1 aromatic rings. The first-order valence-electron chi connectivity index (χ1n) is 6.70. The number of rotatable bonds is 1. The Bertz CT molecular complexity index is 471. The molecular formula is C14H18N2O2.